The summed E-state index contributed by atoms with van der Waals surface area (Å²) in [6, 6.07) is 14.5. The molecular weight excluding hydrogens is 248 g/mol. The van der Waals surface area contributed by atoms with Gasteiger partial charge in [0.2, 0.25) is 0 Å². The van der Waals surface area contributed by atoms with Crippen molar-refractivity contribution in [1.29, 1.82) is 0 Å². The molecule has 0 spiro atoms. The van der Waals surface area contributed by atoms with Gasteiger partial charge in [0.05, 0.1) is 0 Å². The molecule has 0 saturated heterocycles. The minimum atomic E-state index is -0.138. The van der Waals surface area contributed by atoms with Crippen LogP contribution >= 0.6 is 0 Å². The fraction of sp³-hybridized carbons (Fsp3) is 0.222. The molecule has 0 atom stereocenters. The summed E-state index contributed by atoms with van der Waals surface area (Å²) in [6.45, 7) is 8.37. The van der Waals surface area contributed by atoms with Gasteiger partial charge >= 0.3 is 0 Å². The van der Waals surface area contributed by atoms with Crippen molar-refractivity contribution in [3.63, 3.8) is 0 Å². The quantitative estimate of drug-likeness (QED) is 0.858. The number of phenols is 2. The van der Waals surface area contributed by atoms with Gasteiger partial charge in [-0.3, -0.25) is 0 Å². The molecular formula is C18H20O2. The monoisotopic (exact) mass is 268 g/mol. The predicted molar refractivity (Wildman–Crippen MR) is 82.9 cm³/mol. The maximum absolute atomic E-state index is 9.61. The van der Waals surface area contributed by atoms with E-state index in [1.54, 1.807) is 24.3 Å². The largest absolute Gasteiger partial charge is 0.508 e. The first-order valence-electron chi connectivity index (χ1n) is 6.65. The molecule has 0 aliphatic rings. The van der Waals surface area contributed by atoms with Crippen LogP contribution in [0.4, 0.5) is 0 Å². The van der Waals surface area contributed by atoms with E-state index >= 15 is 0 Å². The lowest BCUT2D eigenvalue weighted by Gasteiger charge is -2.26. The van der Waals surface area contributed by atoms with Gasteiger partial charge in [-0.05, 0) is 52.8 Å². The molecule has 0 radical (unpaired) electrons. The van der Waals surface area contributed by atoms with Gasteiger partial charge in [0.15, 0.2) is 0 Å². The third-order valence-corrected chi connectivity index (χ3v) is 3.54. The van der Waals surface area contributed by atoms with Crippen LogP contribution in [0.25, 0.3) is 5.57 Å². The normalized spacial score (nSPS) is 11.3. The van der Waals surface area contributed by atoms with E-state index in [4.69, 9.17) is 0 Å². The molecule has 0 unspecified atom stereocenters. The van der Waals surface area contributed by atoms with Crippen molar-refractivity contribution in [1.82, 2.24) is 0 Å². The lowest BCUT2D eigenvalue weighted by molar-refractivity contribution is 0.468. The van der Waals surface area contributed by atoms with Crippen LogP contribution in [-0.4, -0.2) is 10.2 Å². The van der Waals surface area contributed by atoms with Crippen LogP contribution in [0, 0.1) is 0 Å². The number of rotatable bonds is 4. The highest BCUT2D eigenvalue weighted by atomic mass is 16.3. The van der Waals surface area contributed by atoms with Gasteiger partial charge < -0.3 is 10.2 Å². The second kappa shape index (κ2) is 5.41. The highest BCUT2D eigenvalue weighted by molar-refractivity contribution is 5.65. The molecule has 2 aromatic rings. The van der Waals surface area contributed by atoms with Gasteiger partial charge in [0, 0.05) is 0 Å². The average molecular weight is 268 g/mol. The molecule has 0 aromatic heterocycles. The lowest BCUT2D eigenvalue weighted by Crippen LogP contribution is -2.17. The van der Waals surface area contributed by atoms with Crippen LogP contribution in [0.2, 0.25) is 0 Å². The second-order valence-electron chi connectivity index (χ2n) is 5.76. The van der Waals surface area contributed by atoms with Crippen LogP contribution in [-0.2, 0) is 5.41 Å². The van der Waals surface area contributed by atoms with Crippen LogP contribution < -0.4 is 0 Å². The third-order valence-electron chi connectivity index (χ3n) is 3.54. The van der Waals surface area contributed by atoms with Crippen molar-refractivity contribution >= 4 is 5.57 Å². The standard InChI is InChI=1S/C18H20O2/c1-13(14-6-4-8-16(19)10-14)12-18(2,3)15-7-5-9-17(20)11-15/h4-11,19-20H,1,12H2,2-3H3. The van der Waals surface area contributed by atoms with Gasteiger partial charge in [-0.15, -0.1) is 0 Å². The zero-order chi connectivity index (χ0) is 14.8. The molecule has 2 nitrogen and oxygen atoms in total. The number of hydrogen-bond donors (Lipinski definition) is 2. The Morgan fingerprint density at radius 1 is 1.00 bits per heavy atom. The molecule has 20 heavy (non-hydrogen) atoms. The average Bonchev–Trinajstić information content (AvgIpc) is 2.38. The minimum Gasteiger partial charge on any atom is -0.508 e. The van der Waals surface area contributed by atoms with E-state index in [-0.39, 0.29) is 16.9 Å². The van der Waals surface area contributed by atoms with E-state index in [9.17, 15) is 10.2 Å². The Kier molecular flexibility index (Phi) is 3.84. The van der Waals surface area contributed by atoms with Crippen molar-refractivity contribution in [2.24, 2.45) is 0 Å². The van der Waals surface area contributed by atoms with Gasteiger partial charge in [-0.25, -0.2) is 0 Å². The van der Waals surface area contributed by atoms with Crippen molar-refractivity contribution < 1.29 is 10.2 Å². The summed E-state index contributed by atoms with van der Waals surface area (Å²) in [5.41, 5.74) is 2.84. The van der Waals surface area contributed by atoms with E-state index in [1.165, 1.54) is 0 Å². The fourth-order valence-corrected chi connectivity index (χ4v) is 2.39. The van der Waals surface area contributed by atoms with E-state index in [2.05, 4.69) is 20.4 Å². The van der Waals surface area contributed by atoms with Crippen molar-refractivity contribution in [3.05, 3.63) is 66.2 Å². The maximum atomic E-state index is 9.61. The SMILES string of the molecule is C=C(CC(C)(C)c1cccc(O)c1)c1cccc(O)c1. The van der Waals surface area contributed by atoms with E-state index < -0.39 is 0 Å². The van der Waals surface area contributed by atoms with Gasteiger partial charge in [-0.1, -0.05) is 44.7 Å². The Bertz CT molecular complexity index is 627. The number of aromatic hydroxyl groups is 2. The molecule has 2 heteroatoms. The Labute approximate surface area is 120 Å². The molecule has 0 bridgehead atoms. The summed E-state index contributed by atoms with van der Waals surface area (Å²) < 4.78 is 0. The van der Waals surface area contributed by atoms with Crippen molar-refractivity contribution in [2.45, 2.75) is 25.7 Å². The summed E-state index contributed by atoms with van der Waals surface area (Å²) in [7, 11) is 0. The molecule has 0 saturated carbocycles. The minimum absolute atomic E-state index is 0.138. The number of allylic oxidation sites excluding steroid dienone is 1. The highest BCUT2D eigenvalue weighted by Crippen LogP contribution is 2.35. The lowest BCUT2D eigenvalue weighted by atomic mass is 9.78. The Morgan fingerprint density at radius 3 is 2.20 bits per heavy atom. The summed E-state index contributed by atoms with van der Waals surface area (Å²) in [6.07, 6.45) is 0.750. The summed E-state index contributed by atoms with van der Waals surface area (Å²) >= 11 is 0. The Morgan fingerprint density at radius 2 is 1.60 bits per heavy atom. The van der Waals surface area contributed by atoms with Gasteiger partial charge in [0.25, 0.3) is 0 Å². The topological polar surface area (TPSA) is 40.5 Å². The van der Waals surface area contributed by atoms with E-state index in [0.717, 1.165) is 23.1 Å². The van der Waals surface area contributed by atoms with E-state index in [0.29, 0.717) is 0 Å². The third kappa shape index (κ3) is 3.21. The zero-order valence-electron chi connectivity index (χ0n) is 11.9. The second-order valence-corrected chi connectivity index (χ2v) is 5.76. The molecule has 0 heterocycles. The zero-order valence-corrected chi connectivity index (χ0v) is 11.9. The number of hydrogen-bond acceptors (Lipinski definition) is 2. The van der Waals surface area contributed by atoms with Crippen LogP contribution in [0.5, 0.6) is 11.5 Å². The maximum Gasteiger partial charge on any atom is 0.116 e. The van der Waals surface area contributed by atoms with Crippen molar-refractivity contribution in [2.75, 3.05) is 0 Å². The summed E-state index contributed by atoms with van der Waals surface area (Å²) in [4.78, 5) is 0. The smallest absolute Gasteiger partial charge is 0.116 e. The Hall–Kier alpha value is -2.22. The summed E-state index contributed by atoms with van der Waals surface area (Å²) in [5.74, 6) is 0.525. The van der Waals surface area contributed by atoms with Crippen LogP contribution in [0.3, 0.4) is 0 Å². The molecule has 2 N–H and O–H groups in total. The van der Waals surface area contributed by atoms with Crippen LogP contribution in [0.1, 0.15) is 31.4 Å². The van der Waals surface area contributed by atoms with E-state index in [1.807, 2.05) is 24.3 Å². The van der Waals surface area contributed by atoms with Gasteiger partial charge in [-0.2, -0.15) is 0 Å². The highest BCUT2D eigenvalue weighted by Gasteiger charge is 2.22. The van der Waals surface area contributed by atoms with Crippen LogP contribution in [0.15, 0.2) is 55.1 Å². The molecule has 2 aromatic carbocycles. The molecule has 0 aliphatic carbocycles. The van der Waals surface area contributed by atoms with Crippen molar-refractivity contribution in [3.8, 4) is 11.5 Å². The Balaban J connectivity index is 2.22. The number of phenolic OH excluding ortho intramolecular Hbond substituents is 2. The predicted octanol–water partition coefficient (Wildman–Crippen LogP) is 4.48. The first kappa shape index (κ1) is 14.2. The summed E-state index contributed by atoms with van der Waals surface area (Å²) in [5, 5.41) is 19.1. The molecule has 0 aliphatic heterocycles. The van der Waals surface area contributed by atoms with Gasteiger partial charge in [0.1, 0.15) is 11.5 Å². The molecule has 0 fully saturated rings. The first-order valence-corrected chi connectivity index (χ1v) is 6.65. The molecule has 104 valence electrons. The fourth-order valence-electron chi connectivity index (χ4n) is 2.39. The first-order chi connectivity index (χ1) is 9.38. The molecule has 2 rings (SSSR count). The molecule has 0 amide bonds. The number of benzene rings is 2.